The van der Waals surface area contributed by atoms with Crippen molar-refractivity contribution in [3.8, 4) is 5.75 Å². The number of hydrogen-bond donors (Lipinski definition) is 1. The zero-order chi connectivity index (χ0) is 14.8. The minimum absolute atomic E-state index is 0.375. The third kappa shape index (κ3) is 2.50. The van der Waals surface area contributed by atoms with Crippen LogP contribution in [0.15, 0.2) is 24.4 Å². The van der Waals surface area contributed by atoms with Crippen molar-refractivity contribution in [2.75, 3.05) is 33.4 Å². The standard InChI is InChI=1S/C15H16N2O4/c1-20-10-2-3-13-11(8-10)12(9-16-13)14(18)15(19)17-4-6-21-7-5-17/h2-3,8-9,16H,4-7H2,1H3. The Hall–Kier alpha value is -2.34. The summed E-state index contributed by atoms with van der Waals surface area (Å²) in [5.41, 5.74) is 1.18. The molecule has 0 unspecified atom stereocenters. The molecule has 2 heterocycles. The number of Topliss-reactive ketones (excluding diaryl/α,β-unsaturated/α-hetero) is 1. The van der Waals surface area contributed by atoms with Gasteiger partial charge in [-0.2, -0.15) is 0 Å². The van der Waals surface area contributed by atoms with E-state index in [9.17, 15) is 9.59 Å². The molecule has 0 bridgehead atoms. The molecule has 1 aromatic heterocycles. The van der Waals surface area contributed by atoms with Crippen LogP contribution in [0.25, 0.3) is 10.9 Å². The third-order valence-corrected chi connectivity index (χ3v) is 3.63. The first-order valence-electron chi connectivity index (χ1n) is 6.77. The molecule has 0 radical (unpaired) electrons. The maximum Gasteiger partial charge on any atom is 0.295 e. The summed E-state index contributed by atoms with van der Waals surface area (Å²) in [6.45, 7) is 1.86. The monoisotopic (exact) mass is 288 g/mol. The van der Waals surface area contributed by atoms with Crippen molar-refractivity contribution in [2.24, 2.45) is 0 Å². The molecule has 1 aliphatic heterocycles. The number of methoxy groups -OCH3 is 1. The van der Waals surface area contributed by atoms with Crippen molar-refractivity contribution in [2.45, 2.75) is 0 Å². The highest BCUT2D eigenvalue weighted by atomic mass is 16.5. The second kappa shape index (κ2) is 5.57. The quantitative estimate of drug-likeness (QED) is 0.681. The Morgan fingerprint density at radius 2 is 2.05 bits per heavy atom. The van der Waals surface area contributed by atoms with E-state index >= 15 is 0 Å². The van der Waals surface area contributed by atoms with Gasteiger partial charge in [-0.15, -0.1) is 0 Å². The fourth-order valence-corrected chi connectivity index (χ4v) is 2.44. The first-order valence-corrected chi connectivity index (χ1v) is 6.77. The van der Waals surface area contributed by atoms with Crippen molar-refractivity contribution < 1.29 is 19.1 Å². The number of amides is 1. The van der Waals surface area contributed by atoms with E-state index in [4.69, 9.17) is 9.47 Å². The Morgan fingerprint density at radius 1 is 1.29 bits per heavy atom. The molecule has 1 aliphatic rings. The van der Waals surface area contributed by atoms with Crippen LogP contribution in [0.5, 0.6) is 5.75 Å². The lowest BCUT2D eigenvalue weighted by Crippen LogP contribution is -2.44. The largest absolute Gasteiger partial charge is 0.497 e. The van der Waals surface area contributed by atoms with Crippen molar-refractivity contribution in [1.29, 1.82) is 0 Å². The summed E-state index contributed by atoms with van der Waals surface area (Å²) >= 11 is 0. The molecule has 0 saturated carbocycles. The summed E-state index contributed by atoms with van der Waals surface area (Å²) in [4.78, 5) is 29.2. The van der Waals surface area contributed by atoms with Crippen LogP contribution in [0.3, 0.4) is 0 Å². The van der Waals surface area contributed by atoms with E-state index in [0.717, 1.165) is 5.52 Å². The van der Waals surface area contributed by atoms with Crippen LogP contribution in [-0.4, -0.2) is 55.0 Å². The Balaban J connectivity index is 1.91. The van der Waals surface area contributed by atoms with Crippen molar-refractivity contribution in [3.63, 3.8) is 0 Å². The average molecular weight is 288 g/mol. The second-order valence-corrected chi connectivity index (χ2v) is 4.85. The van der Waals surface area contributed by atoms with Gasteiger partial charge < -0.3 is 19.4 Å². The number of fused-ring (bicyclic) bond motifs is 1. The predicted molar refractivity (Wildman–Crippen MR) is 76.6 cm³/mol. The minimum Gasteiger partial charge on any atom is -0.497 e. The van der Waals surface area contributed by atoms with Gasteiger partial charge in [-0.05, 0) is 18.2 Å². The molecule has 0 spiro atoms. The van der Waals surface area contributed by atoms with Crippen molar-refractivity contribution in [3.05, 3.63) is 30.0 Å². The van der Waals surface area contributed by atoms with E-state index in [2.05, 4.69) is 4.98 Å². The van der Waals surface area contributed by atoms with Gasteiger partial charge in [0.15, 0.2) is 0 Å². The number of morpholine rings is 1. The Kier molecular flexibility index (Phi) is 3.62. The van der Waals surface area contributed by atoms with E-state index in [0.29, 0.717) is 43.0 Å². The molecule has 1 aromatic carbocycles. The van der Waals surface area contributed by atoms with Gasteiger partial charge in [-0.25, -0.2) is 0 Å². The van der Waals surface area contributed by atoms with Crippen LogP contribution in [0.4, 0.5) is 0 Å². The number of ether oxygens (including phenoxy) is 2. The lowest BCUT2D eigenvalue weighted by molar-refractivity contribution is -0.130. The average Bonchev–Trinajstić information content (AvgIpc) is 2.97. The predicted octanol–water partition coefficient (Wildman–Crippen LogP) is 1.22. The van der Waals surface area contributed by atoms with E-state index < -0.39 is 11.7 Å². The molecule has 6 heteroatoms. The number of hydrogen-bond acceptors (Lipinski definition) is 4. The molecule has 1 amide bonds. The fourth-order valence-electron chi connectivity index (χ4n) is 2.44. The Labute approximate surface area is 121 Å². The molecule has 0 aliphatic carbocycles. The van der Waals surface area contributed by atoms with E-state index in [1.165, 1.54) is 4.90 Å². The number of nitrogens with zero attached hydrogens (tertiary/aromatic N) is 1. The molecular weight excluding hydrogens is 272 g/mol. The molecule has 1 fully saturated rings. The Bertz CT molecular complexity index is 686. The molecule has 1 saturated heterocycles. The number of nitrogens with one attached hydrogen (secondary N) is 1. The van der Waals surface area contributed by atoms with Gasteiger partial charge in [0.05, 0.1) is 25.9 Å². The van der Waals surface area contributed by atoms with Crippen molar-refractivity contribution >= 4 is 22.6 Å². The smallest absolute Gasteiger partial charge is 0.295 e. The fraction of sp³-hybridized carbons (Fsp3) is 0.333. The summed E-state index contributed by atoms with van der Waals surface area (Å²) in [5.74, 6) is -0.339. The van der Waals surface area contributed by atoms with Gasteiger partial charge in [0, 0.05) is 30.2 Å². The number of carbonyl (C=O) groups is 2. The highest BCUT2D eigenvalue weighted by Gasteiger charge is 2.26. The zero-order valence-electron chi connectivity index (χ0n) is 11.7. The molecule has 2 aromatic rings. The van der Waals surface area contributed by atoms with Gasteiger partial charge in [0.25, 0.3) is 11.7 Å². The van der Waals surface area contributed by atoms with E-state index in [-0.39, 0.29) is 0 Å². The first kappa shape index (κ1) is 13.6. The van der Waals surface area contributed by atoms with Gasteiger partial charge in [0.1, 0.15) is 5.75 Å². The van der Waals surface area contributed by atoms with E-state index in [1.54, 1.807) is 25.4 Å². The summed E-state index contributed by atoms with van der Waals surface area (Å²) < 4.78 is 10.4. The summed E-state index contributed by atoms with van der Waals surface area (Å²) in [7, 11) is 1.56. The molecule has 0 atom stereocenters. The number of H-pyrrole nitrogens is 1. The number of rotatable bonds is 3. The molecule has 110 valence electrons. The molecule has 3 rings (SSSR count). The highest BCUT2D eigenvalue weighted by Crippen LogP contribution is 2.24. The lowest BCUT2D eigenvalue weighted by atomic mass is 10.1. The maximum absolute atomic E-state index is 12.4. The number of ketones is 1. The first-order chi connectivity index (χ1) is 10.2. The topological polar surface area (TPSA) is 71.6 Å². The van der Waals surface area contributed by atoms with Crippen LogP contribution in [0.2, 0.25) is 0 Å². The molecular formula is C15H16N2O4. The van der Waals surface area contributed by atoms with Crippen LogP contribution in [-0.2, 0) is 9.53 Å². The van der Waals surface area contributed by atoms with Crippen LogP contribution >= 0.6 is 0 Å². The normalized spacial score (nSPS) is 15.2. The molecule has 1 N–H and O–H groups in total. The summed E-state index contributed by atoms with van der Waals surface area (Å²) in [6, 6.07) is 5.38. The van der Waals surface area contributed by atoms with Crippen LogP contribution in [0, 0.1) is 0 Å². The Morgan fingerprint density at radius 3 is 2.76 bits per heavy atom. The SMILES string of the molecule is COc1ccc2[nH]cc(C(=O)C(=O)N3CCOCC3)c2c1. The van der Waals surface area contributed by atoms with Gasteiger partial charge in [0.2, 0.25) is 0 Å². The van der Waals surface area contributed by atoms with Crippen molar-refractivity contribution in [1.82, 2.24) is 9.88 Å². The summed E-state index contributed by atoms with van der Waals surface area (Å²) in [6.07, 6.45) is 1.57. The van der Waals surface area contributed by atoms with Crippen LogP contribution < -0.4 is 4.74 Å². The number of aromatic amines is 1. The van der Waals surface area contributed by atoms with Gasteiger partial charge in [-0.3, -0.25) is 9.59 Å². The maximum atomic E-state index is 12.4. The number of aromatic nitrogens is 1. The molecule has 21 heavy (non-hydrogen) atoms. The summed E-state index contributed by atoms with van der Waals surface area (Å²) in [5, 5.41) is 0.695. The number of benzene rings is 1. The van der Waals surface area contributed by atoms with E-state index in [1.807, 2.05) is 6.07 Å². The lowest BCUT2D eigenvalue weighted by Gasteiger charge is -2.25. The van der Waals surface area contributed by atoms with Crippen LogP contribution in [0.1, 0.15) is 10.4 Å². The highest BCUT2D eigenvalue weighted by molar-refractivity contribution is 6.44. The second-order valence-electron chi connectivity index (χ2n) is 4.85. The van der Waals surface area contributed by atoms with Gasteiger partial charge >= 0.3 is 0 Å². The number of carbonyl (C=O) groups excluding carboxylic acids is 2. The molecule has 6 nitrogen and oxygen atoms in total. The van der Waals surface area contributed by atoms with Gasteiger partial charge in [-0.1, -0.05) is 0 Å². The minimum atomic E-state index is -0.503. The third-order valence-electron chi connectivity index (χ3n) is 3.63. The zero-order valence-corrected chi connectivity index (χ0v) is 11.7.